The highest BCUT2D eigenvalue weighted by Crippen LogP contribution is 2.36. The highest BCUT2D eigenvalue weighted by Gasteiger charge is 2.23. The van der Waals surface area contributed by atoms with Crippen molar-refractivity contribution in [3.8, 4) is 11.5 Å². The molecule has 1 aliphatic rings. The molecule has 1 aliphatic heterocycles. The minimum atomic E-state index is 0.293. The molecule has 4 heteroatoms. The maximum Gasteiger partial charge on any atom is 0.123 e. The van der Waals surface area contributed by atoms with Crippen molar-refractivity contribution in [2.24, 2.45) is 0 Å². The van der Waals surface area contributed by atoms with Gasteiger partial charge in [0.1, 0.15) is 11.5 Å². The summed E-state index contributed by atoms with van der Waals surface area (Å²) in [6.45, 7) is 21.8. The van der Waals surface area contributed by atoms with Crippen LogP contribution in [-0.2, 0) is 13.1 Å². The molecule has 2 N–H and O–H groups in total. The van der Waals surface area contributed by atoms with E-state index < -0.39 is 0 Å². The topological polar surface area (TPSA) is 46.9 Å². The zero-order valence-corrected chi connectivity index (χ0v) is 22.7. The highest BCUT2D eigenvalue weighted by molar-refractivity contribution is 5.47. The molecule has 0 aromatic heterocycles. The number of hydrogen-bond donors (Lipinski definition) is 2. The Labute approximate surface area is 207 Å². The molecule has 0 spiro atoms. The van der Waals surface area contributed by atoms with Gasteiger partial charge in [0.25, 0.3) is 0 Å². The number of aromatic hydroxyl groups is 2. The predicted octanol–water partition coefficient (Wildman–Crippen LogP) is 7.26. The van der Waals surface area contributed by atoms with E-state index in [0.29, 0.717) is 35.2 Å². The highest BCUT2D eigenvalue weighted by atomic mass is 16.3. The van der Waals surface area contributed by atoms with Crippen LogP contribution >= 0.6 is 0 Å². The average molecular weight is 467 g/mol. The molecule has 2 aromatic rings. The van der Waals surface area contributed by atoms with Gasteiger partial charge in [-0.3, -0.25) is 9.80 Å². The van der Waals surface area contributed by atoms with Crippen molar-refractivity contribution >= 4 is 0 Å². The number of rotatable bonds is 8. The first-order chi connectivity index (χ1) is 16.0. The molecule has 4 nitrogen and oxygen atoms in total. The lowest BCUT2D eigenvalue weighted by molar-refractivity contribution is 0.0733. The molecule has 188 valence electrons. The van der Waals surface area contributed by atoms with E-state index in [4.69, 9.17) is 0 Å². The van der Waals surface area contributed by atoms with Gasteiger partial charge in [0, 0.05) is 37.3 Å². The van der Waals surface area contributed by atoms with E-state index in [9.17, 15) is 10.2 Å². The van der Waals surface area contributed by atoms with E-state index >= 15 is 0 Å². The SMILES string of the molecule is CC(C)c1cc(CN2CCCN(Cc3cc(C(C)C)cc(C(C)C)c3O)C2)c(O)c(C(C)C)c1. The lowest BCUT2D eigenvalue weighted by Crippen LogP contribution is -2.43. The third-order valence-corrected chi connectivity index (χ3v) is 7.20. The molecule has 3 rings (SSSR count). The predicted molar refractivity (Wildman–Crippen MR) is 143 cm³/mol. The Morgan fingerprint density at radius 1 is 0.618 bits per heavy atom. The van der Waals surface area contributed by atoms with Gasteiger partial charge in [0.2, 0.25) is 0 Å². The minimum absolute atomic E-state index is 0.293. The Morgan fingerprint density at radius 3 is 1.32 bits per heavy atom. The van der Waals surface area contributed by atoms with Crippen LogP contribution in [0.25, 0.3) is 0 Å². The van der Waals surface area contributed by atoms with Crippen LogP contribution < -0.4 is 0 Å². The second-order valence-corrected chi connectivity index (χ2v) is 11.5. The molecule has 0 amide bonds. The van der Waals surface area contributed by atoms with Crippen LogP contribution in [0.15, 0.2) is 24.3 Å². The van der Waals surface area contributed by atoms with Gasteiger partial charge in [0.05, 0.1) is 6.67 Å². The van der Waals surface area contributed by atoms with Crippen LogP contribution in [-0.4, -0.2) is 39.8 Å². The van der Waals surface area contributed by atoms with Gasteiger partial charge in [-0.2, -0.15) is 0 Å². The summed E-state index contributed by atoms with van der Waals surface area (Å²) in [6.07, 6.45) is 1.09. The lowest BCUT2D eigenvalue weighted by Gasteiger charge is -2.36. The zero-order valence-electron chi connectivity index (χ0n) is 22.7. The van der Waals surface area contributed by atoms with Crippen LogP contribution in [0.3, 0.4) is 0 Å². The fraction of sp³-hybridized carbons (Fsp3) is 0.600. The van der Waals surface area contributed by atoms with Crippen molar-refractivity contribution < 1.29 is 10.2 Å². The van der Waals surface area contributed by atoms with Crippen molar-refractivity contribution in [2.45, 2.75) is 98.6 Å². The largest absolute Gasteiger partial charge is 0.507 e. The van der Waals surface area contributed by atoms with Gasteiger partial charge in [-0.1, -0.05) is 79.7 Å². The molecule has 1 saturated heterocycles. The summed E-state index contributed by atoms with van der Waals surface area (Å²) in [4.78, 5) is 4.86. The third-order valence-electron chi connectivity index (χ3n) is 7.20. The Balaban J connectivity index is 1.81. The molecule has 34 heavy (non-hydrogen) atoms. The summed E-state index contributed by atoms with van der Waals surface area (Å²) in [6, 6.07) is 8.73. The summed E-state index contributed by atoms with van der Waals surface area (Å²) in [5.41, 5.74) is 6.74. The van der Waals surface area contributed by atoms with Crippen LogP contribution in [0.5, 0.6) is 11.5 Å². The summed E-state index contributed by atoms with van der Waals surface area (Å²) in [5.74, 6) is 2.37. The summed E-state index contributed by atoms with van der Waals surface area (Å²) >= 11 is 0. The third kappa shape index (κ3) is 6.14. The summed E-state index contributed by atoms with van der Waals surface area (Å²) in [7, 11) is 0. The molecule has 1 fully saturated rings. The normalized spacial score (nSPS) is 15.9. The molecule has 0 saturated carbocycles. The zero-order chi connectivity index (χ0) is 25.2. The average Bonchev–Trinajstić information content (AvgIpc) is 2.76. The second-order valence-electron chi connectivity index (χ2n) is 11.5. The Hall–Kier alpha value is -2.04. The molecular weight excluding hydrogens is 420 g/mol. The van der Waals surface area contributed by atoms with E-state index in [1.807, 2.05) is 0 Å². The number of hydrogen-bond acceptors (Lipinski definition) is 4. The van der Waals surface area contributed by atoms with Crippen LogP contribution in [0.4, 0.5) is 0 Å². The van der Waals surface area contributed by atoms with E-state index in [1.165, 1.54) is 11.1 Å². The number of phenolic OH excluding ortho intramolecular Hbond substituents is 2. The summed E-state index contributed by atoms with van der Waals surface area (Å²) < 4.78 is 0. The number of benzene rings is 2. The lowest BCUT2D eigenvalue weighted by atomic mass is 9.91. The van der Waals surface area contributed by atoms with E-state index in [0.717, 1.165) is 61.5 Å². The van der Waals surface area contributed by atoms with Crippen molar-refractivity contribution in [3.63, 3.8) is 0 Å². The first kappa shape index (κ1) is 26.6. The standard InChI is InChI=1S/C30H46N2O2/c1-19(2)23-12-25(29(33)27(14-23)21(5)6)16-31-10-9-11-32(18-31)17-26-13-24(20(3)4)15-28(22(7)8)30(26)34/h12-15,19-22,33-34H,9-11,16-18H2,1-8H3. The van der Waals surface area contributed by atoms with Crippen molar-refractivity contribution in [2.75, 3.05) is 19.8 Å². The Bertz CT molecular complexity index is 901. The van der Waals surface area contributed by atoms with Gasteiger partial charge in [0.15, 0.2) is 0 Å². The van der Waals surface area contributed by atoms with Gasteiger partial charge in [-0.15, -0.1) is 0 Å². The van der Waals surface area contributed by atoms with E-state index in [2.05, 4.69) is 89.5 Å². The Kier molecular flexibility index (Phi) is 8.70. The van der Waals surface area contributed by atoms with E-state index in [-0.39, 0.29) is 0 Å². The van der Waals surface area contributed by atoms with Crippen molar-refractivity contribution in [3.05, 3.63) is 57.6 Å². The van der Waals surface area contributed by atoms with E-state index in [1.54, 1.807) is 0 Å². The smallest absolute Gasteiger partial charge is 0.123 e. The van der Waals surface area contributed by atoms with Crippen molar-refractivity contribution in [1.29, 1.82) is 0 Å². The fourth-order valence-corrected chi connectivity index (χ4v) is 4.96. The van der Waals surface area contributed by atoms with Gasteiger partial charge in [-0.25, -0.2) is 0 Å². The maximum absolute atomic E-state index is 11.0. The quantitative estimate of drug-likeness (QED) is 0.430. The van der Waals surface area contributed by atoms with Crippen LogP contribution in [0, 0.1) is 0 Å². The van der Waals surface area contributed by atoms with Crippen LogP contribution in [0.1, 0.15) is 119 Å². The fourth-order valence-electron chi connectivity index (χ4n) is 4.96. The molecule has 0 unspecified atom stereocenters. The molecule has 0 atom stereocenters. The maximum atomic E-state index is 11.0. The number of nitrogens with zero attached hydrogens (tertiary/aromatic N) is 2. The molecule has 0 bridgehead atoms. The molecule has 0 radical (unpaired) electrons. The van der Waals surface area contributed by atoms with Gasteiger partial charge < -0.3 is 10.2 Å². The monoisotopic (exact) mass is 466 g/mol. The Morgan fingerprint density at radius 2 is 1.00 bits per heavy atom. The van der Waals surface area contributed by atoms with Gasteiger partial charge >= 0.3 is 0 Å². The first-order valence-electron chi connectivity index (χ1n) is 13.1. The van der Waals surface area contributed by atoms with Gasteiger partial charge in [-0.05, 0) is 52.3 Å². The van der Waals surface area contributed by atoms with Crippen molar-refractivity contribution in [1.82, 2.24) is 9.80 Å². The second kappa shape index (κ2) is 11.1. The summed E-state index contributed by atoms with van der Waals surface area (Å²) in [5, 5.41) is 22.1. The molecule has 2 aromatic carbocycles. The first-order valence-corrected chi connectivity index (χ1v) is 13.1. The molecule has 0 aliphatic carbocycles. The molecule has 1 heterocycles. The molecular formula is C30H46N2O2. The minimum Gasteiger partial charge on any atom is -0.507 e. The van der Waals surface area contributed by atoms with Crippen LogP contribution in [0.2, 0.25) is 0 Å². The number of phenols is 2.